The van der Waals surface area contributed by atoms with Gasteiger partial charge in [0.2, 0.25) is 0 Å². The number of hydrogen-bond donors (Lipinski definition) is 0. The van der Waals surface area contributed by atoms with E-state index < -0.39 is 14.0 Å². The Morgan fingerprint density at radius 2 is 1.79 bits per heavy atom. The molecule has 130 valence electrons. The molecule has 3 aliphatic rings. The molecule has 4 rings (SSSR count). The molecule has 0 saturated carbocycles. The highest BCUT2D eigenvalue weighted by molar-refractivity contribution is 6.83. The summed E-state index contributed by atoms with van der Waals surface area (Å²) < 4.78 is 18.1. The Hall–Kier alpha value is -1.12. The third-order valence-corrected chi connectivity index (χ3v) is 5.34. The lowest BCUT2D eigenvalue weighted by atomic mass is 9.95. The Balaban J connectivity index is 1.76. The molecule has 4 heteroatoms. The van der Waals surface area contributed by atoms with Crippen LogP contribution in [-0.4, -0.2) is 27.4 Å². The first-order chi connectivity index (χ1) is 11.4. The molecule has 1 atom stereocenters. The predicted octanol–water partition coefficient (Wildman–Crippen LogP) is 4.28. The van der Waals surface area contributed by atoms with Crippen molar-refractivity contribution in [2.75, 3.05) is 13.2 Å². The maximum atomic E-state index is 6.24. The highest BCUT2D eigenvalue weighted by Crippen LogP contribution is 2.43. The maximum Gasteiger partial charge on any atom is 0.312 e. The van der Waals surface area contributed by atoms with Crippen LogP contribution in [0.1, 0.15) is 37.3 Å². The summed E-state index contributed by atoms with van der Waals surface area (Å²) in [6, 6.07) is 8.12. The molecule has 1 aromatic carbocycles. The van der Waals surface area contributed by atoms with E-state index in [-0.39, 0.29) is 6.10 Å². The van der Waals surface area contributed by atoms with E-state index >= 15 is 0 Å². The van der Waals surface area contributed by atoms with E-state index in [9.17, 15) is 0 Å². The molecule has 24 heavy (non-hydrogen) atoms. The van der Waals surface area contributed by atoms with E-state index in [0.29, 0.717) is 19.1 Å². The molecule has 0 aliphatic carbocycles. The Morgan fingerprint density at radius 3 is 2.38 bits per heavy atom. The van der Waals surface area contributed by atoms with Crippen LogP contribution in [0.3, 0.4) is 0 Å². The summed E-state index contributed by atoms with van der Waals surface area (Å²) in [5.41, 5.74) is 5.36. The molecule has 0 amide bonds. The van der Waals surface area contributed by atoms with E-state index in [4.69, 9.17) is 14.2 Å². The van der Waals surface area contributed by atoms with Gasteiger partial charge < -0.3 is 14.2 Å². The van der Waals surface area contributed by atoms with Crippen LogP contribution in [0.4, 0.5) is 0 Å². The summed E-state index contributed by atoms with van der Waals surface area (Å²) in [7, 11) is -1.36. The van der Waals surface area contributed by atoms with Gasteiger partial charge in [-0.05, 0) is 30.7 Å². The lowest BCUT2D eigenvalue weighted by Crippen LogP contribution is -2.56. The Morgan fingerprint density at radius 1 is 1.12 bits per heavy atom. The largest absolute Gasteiger partial charge is 0.323 e. The predicted molar refractivity (Wildman–Crippen MR) is 98.1 cm³/mol. The zero-order valence-corrected chi connectivity index (χ0v) is 16.2. The van der Waals surface area contributed by atoms with Crippen LogP contribution in [-0.2, 0) is 20.2 Å². The Kier molecular flexibility index (Phi) is 5.17. The van der Waals surface area contributed by atoms with Crippen molar-refractivity contribution in [3.8, 4) is 11.5 Å². The number of fused-ring (bicyclic) bond motifs is 3. The topological polar surface area (TPSA) is 27.7 Å². The first-order valence-electron chi connectivity index (χ1n) is 9.01. The monoisotopic (exact) mass is 344 g/mol. The molecule has 3 aliphatic heterocycles. The number of unbranched alkanes of at least 4 members (excludes halogenated alkanes) is 1. The number of rotatable bonds is 4. The number of ether oxygens (including phenoxy) is 3. The second kappa shape index (κ2) is 7.01. The minimum Gasteiger partial charge on any atom is -0.323 e. The molecule has 0 spiro atoms. The van der Waals surface area contributed by atoms with Gasteiger partial charge in [0.15, 0.2) is 0 Å². The number of benzene rings is 1. The normalized spacial score (nSPS) is 29.2. The lowest BCUT2D eigenvalue weighted by Gasteiger charge is -2.49. The third-order valence-electron chi connectivity index (χ3n) is 4.47. The van der Waals surface area contributed by atoms with Crippen LogP contribution in [0.25, 0.3) is 0 Å². The molecule has 3 saturated heterocycles. The van der Waals surface area contributed by atoms with E-state index in [1.54, 1.807) is 0 Å². The summed E-state index contributed by atoms with van der Waals surface area (Å²) in [4.78, 5) is 0. The van der Waals surface area contributed by atoms with Gasteiger partial charge in [-0.1, -0.05) is 45.3 Å². The standard InChI is InChI=1S/C20H28O3Si/c1-5-6-7-19-17-14-21-20(23-19,22-15-17)18-10-8-16(9-11-18)12-13-24(2,3)4/h8-11,17,19H,5-7,14-15H2,1-4H3. The highest BCUT2D eigenvalue weighted by Gasteiger charge is 2.50. The minimum absolute atomic E-state index is 0.235. The average molecular weight is 345 g/mol. The van der Waals surface area contributed by atoms with Crippen LogP contribution in [0, 0.1) is 17.4 Å². The molecule has 2 bridgehead atoms. The third kappa shape index (κ3) is 3.92. The molecule has 0 N–H and O–H groups in total. The van der Waals surface area contributed by atoms with E-state index in [1.807, 2.05) is 24.3 Å². The average Bonchev–Trinajstić information content (AvgIpc) is 2.59. The second-order valence-corrected chi connectivity index (χ2v) is 12.6. The van der Waals surface area contributed by atoms with Gasteiger partial charge in [0, 0.05) is 17.0 Å². The Bertz CT molecular complexity index is 613. The fourth-order valence-corrected chi connectivity index (χ4v) is 3.57. The van der Waals surface area contributed by atoms with Crippen molar-refractivity contribution in [2.45, 2.75) is 57.9 Å². The molecule has 1 unspecified atom stereocenters. The summed E-state index contributed by atoms with van der Waals surface area (Å²) in [6.45, 7) is 10.4. The summed E-state index contributed by atoms with van der Waals surface area (Å²) in [6.07, 6.45) is 3.68. The van der Waals surface area contributed by atoms with Gasteiger partial charge in [-0.3, -0.25) is 0 Å². The smallest absolute Gasteiger partial charge is 0.312 e. The van der Waals surface area contributed by atoms with Crippen molar-refractivity contribution in [3.05, 3.63) is 35.4 Å². The van der Waals surface area contributed by atoms with Crippen molar-refractivity contribution in [2.24, 2.45) is 5.92 Å². The lowest BCUT2D eigenvalue weighted by molar-refractivity contribution is -0.479. The van der Waals surface area contributed by atoms with Crippen molar-refractivity contribution in [1.29, 1.82) is 0 Å². The van der Waals surface area contributed by atoms with Crippen LogP contribution in [0.5, 0.6) is 0 Å². The van der Waals surface area contributed by atoms with Gasteiger partial charge in [0.25, 0.3) is 0 Å². The molecule has 3 heterocycles. The van der Waals surface area contributed by atoms with E-state index in [2.05, 4.69) is 38.0 Å². The van der Waals surface area contributed by atoms with Gasteiger partial charge in [-0.15, -0.1) is 5.54 Å². The van der Waals surface area contributed by atoms with Gasteiger partial charge in [-0.2, -0.15) is 0 Å². The van der Waals surface area contributed by atoms with Crippen molar-refractivity contribution in [1.82, 2.24) is 0 Å². The van der Waals surface area contributed by atoms with Crippen LogP contribution >= 0.6 is 0 Å². The second-order valence-electron chi connectivity index (χ2n) is 7.81. The van der Waals surface area contributed by atoms with Crippen LogP contribution < -0.4 is 0 Å². The van der Waals surface area contributed by atoms with Crippen molar-refractivity contribution < 1.29 is 14.2 Å². The van der Waals surface area contributed by atoms with Crippen molar-refractivity contribution in [3.63, 3.8) is 0 Å². The molecule has 0 radical (unpaired) electrons. The zero-order valence-electron chi connectivity index (χ0n) is 15.2. The molecular weight excluding hydrogens is 316 g/mol. The molecule has 0 aromatic heterocycles. The minimum atomic E-state index is -1.36. The Labute approximate surface area is 146 Å². The van der Waals surface area contributed by atoms with E-state index in [0.717, 1.165) is 17.5 Å². The summed E-state index contributed by atoms with van der Waals surface area (Å²) in [5.74, 6) is 2.63. The van der Waals surface area contributed by atoms with Crippen LogP contribution in [0.15, 0.2) is 24.3 Å². The van der Waals surface area contributed by atoms with Gasteiger partial charge in [0.1, 0.15) is 8.07 Å². The van der Waals surface area contributed by atoms with E-state index in [1.165, 1.54) is 12.8 Å². The summed E-state index contributed by atoms with van der Waals surface area (Å²) >= 11 is 0. The van der Waals surface area contributed by atoms with Gasteiger partial charge >= 0.3 is 5.97 Å². The van der Waals surface area contributed by atoms with Crippen molar-refractivity contribution >= 4 is 8.07 Å². The SMILES string of the molecule is CCCCC1OC2(c3ccc(C#C[Si](C)(C)C)cc3)OCC1CO2. The molecule has 3 fully saturated rings. The molecule has 1 aromatic rings. The van der Waals surface area contributed by atoms with Crippen LogP contribution in [0.2, 0.25) is 19.6 Å². The van der Waals surface area contributed by atoms with Gasteiger partial charge in [0.05, 0.1) is 19.3 Å². The van der Waals surface area contributed by atoms with Gasteiger partial charge in [-0.25, -0.2) is 0 Å². The molecular formula is C20H28O3Si. The number of hydrogen-bond acceptors (Lipinski definition) is 3. The zero-order chi connectivity index (χ0) is 17.2. The highest BCUT2D eigenvalue weighted by atomic mass is 28.3. The quantitative estimate of drug-likeness (QED) is 0.603. The fraction of sp³-hybridized carbons (Fsp3) is 0.600. The summed E-state index contributed by atoms with van der Waals surface area (Å²) in [5, 5.41) is 0. The molecule has 3 nitrogen and oxygen atoms in total. The first kappa shape index (κ1) is 17.7. The maximum absolute atomic E-state index is 6.24. The first-order valence-corrected chi connectivity index (χ1v) is 12.5. The fourth-order valence-electron chi connectivity index (χ4n) is 3.05.